The minimum absolute atomic E-state index is 0.184. The minimum Gasteiger partial charge on any atom is -0.444 e. The third-order valence-corrected chi connectivity index (χ3v) is 8.02. The molecule has 0 bridgehead atoms. The minimum atomic E-state index is -0.555. The van der Waals surface area contributed by atoms with E-state index < -0.39 is 11.2 Å². The largest absolute Gasteiger partial charge is 0.444 e. The van der Waals surface area contributed by atoms with E-state index in [0.29, 0.717) is 36.4 Å². The van der Waals surface area contributed by atoms with E-state index in [9.17, 15) is 9.59 Å². The van der Waals surface area contributed by atoms with E-state index in [1.807, 2.05) is 90.1 Å². The summed E-state index contributed by atoms with van der Waals surface area (Å²) in [5, 5.41) is 15.0. The van der Waals surface area contributed by atoms with Crippen molar-refractivity contribution in [3.8, 4) is 33.9 Å². The number of carbonyl (C=O) groups excluding carboxylic acids is 2. The molecule has 2 aromatic carbocycles. The highest BCUT2D eigenvalue weighted by molar-refractivity contribution is 5.71. The van der Waals surface area contributed by atoms with Gasteiger partial charge < -0.3 is 9.47 Å². The van der Waals surface area contributed by atoms with E-state index in [1.54, 1.807) is 9.80 Å². The molecule has 242 valence electrons. The molecule has 12 nitrogen and oxygen atoms in total. The number of benzene rings is 2. The maximum absolute atomic E-state index is 12.7. The molecule has 4 heterocycles. The van der Waals surface area contributed by atoms with Crippen LogP contribution in [0.15, 0.2) is 48.5 Å². The van der Waals surface area contributed by atoms with Gasteiger partial charge in [0.05, 0.1) is 12.1 Å². The average Bonchev–Trinajstić information content (AvgIpc) is 3.82. The van der Waals surface area contributed by atoms with Crippen LogP contribution in [0.1, 0.15) is 91.0 Å². The van der Waals surface area contributed by atoms with Crippen molar-refractivity contribution in [3.05, 3.63) is 60.2 Å². The van der Waals surface area contributed by atoms with E-state index in [2.05, 4.69) is 20.4 Å². The van der Waals surface area contributed by atoms with Crippen molar-refractivity contribution >= 4 is 12.2 Å². The molecule has 0 spiro atoms. The number of carbonyl (C=O) groups is 2. The number of aromatic nitrogens is 6. The first-order valence-corrected chi connectivity index (χ1v) is 15.9. The van der Waals surface area contributed by atoms with Crippen LogP contribution in [0.4, 0.5) is 9.59 Å². The third-order valence-electron chi connectivity index (χ3n) is 8.02. The van der Waals surface area contributed by atoms with Crippen LogP contribution in [0, 0.1) is 0 Å². The van der Waals surface area contributed by atoms with Crippen molar-refractivity contribution in [1.82, 2.24) is 40.2 Å². The standard InChI is InChI=1S/C34H42N8O4/c1-33(2,3)45-31(43)41-19-7-9-25(41)29-35-27(37-39-29)23-15-11-21(12-16-23)22-13-17-24(18-14-22)28-36-30(40-38-28)26-10-8-20-42(26)32(44)46-34(4,5)6/h11-18,25-26H,7-10,19-20H2,1-6H3,(H,35,37,39)(H,36,38,40)/t25-,26-/m1/s1. The molecule has 12 heteroatoms. The Kier molecular flexibility index (Phi) is 8.30. The molecule has 0 aliphatic carbocycles. The first-order valence-electron chi connectivity index (χ1n) is 15.9. The van der Waals surface area contributed by atoms with Crippen LogP contribution in [-0.4, -0.2) is 76.6 Å². The summed E-state index contributed by atoms with van der Waals surface area (Å²) >= 11 is 0. The monoisotopic (exact) mass is 626 g/mol. The van der Waals surface area contributed by atoms with Crippen LogP contribution in [0.5, 0.6) is 0 Å². The highest BCUT2D eigenvalue weighted by Gasteiger charge is 2.36. The van der Waals surface area contributed by atoms with Gasteiger partial charge in [-0.25, -0.2) is 19.6 Å². The highest BCUT2D eigenvalue weighted by Crippen LogP contribution is 2.34. The van der Waals surface area contributed by atoms with Gasteiger partial charge in [0.25, 0.3) is 0 Å². The van der Waals surface area contributed by atoms with Crippen LogP contribution in [-0.2, 0) is 9.47 Å². The second-order valence-corrected chi connectivity index (χ2v) is 13.9. The molecule has 2 amide bonds. The number of hydrogen-bond donors (Lipinski definition) is 2. The van der Waals surface area contributed by atoms with Crippen LogP contribution >= 0.6 is 0 Å². The smallest absolute Gasteiger partial charge is 0.410 e. The van der Waals surface area contributed by atoms with Crippen molar-refractivity contribution < 1.29 is 19.1 Å². The Morgan fingerprint density at radius 1 is 0.630 bits per heavy atom. The van der Waals surface area contributed by atoms with Crippen LogP contribution < -0.4 is 0 Å². The number of H-pyrrole nitrogens is 2. The molecule has 2 aromatic heterocycles. The summed E-state index contributed by atoms with van der Waals surface area (Å²) in [6, 6.07) is 15.8. The van der Waals surface area contributed by atoms with E-state index >= 15 is 0 Å². The number of hydrogen-bond acceptors (Lipinski definition) is 8. The SMILES string of the molecule is CC(C)(C)OC(=O)N1CCC[C@@H]1c1nc(-c2ccc(-c3ccc(-c4n[nH]c([C@H]5CCCN5C(=O)OC(C)(C)C)n4)cc3)cc2)n[nH]1. The summed E-state index contributed by atoms with van der Waals surface area (Å²) in [6.07, 6.45) is 2.73. The number of rotatable bonds is 5. The molecule has 4 aromatic rings. The molecule has 2 aliphatic rings. The van der Waals surface area contributed by atoms with E-state index in [1.165, 1.54) is 0 Å². The molecule has 0 saturated carbocycles. The Morgan fingerprint density at radius 2 is 0.978 bits per heavy atom. The van der Waals surface area contributed by atoms with Gasteiger partial charge in [0, 0.05) is 24.2 Å². The summed E-state index contributed by atoms with van der Waals surface area (Å²) in [4.78, 5) is 38.4. The second kappa shape index (κ2) is 12.2. The summed E-state index contributed by atoms with van der Waals surface area (Å²) in [5.41, 5.74) is 2.75. The molecule has 46 heavy (non-hydrogen) atoms. The lowest BCUT2D eigenvalue weighted by atomic mass is 10.0. The Labute approximate surface area is 268 Å². The van der Waals surface area contributed by atoms with Gasteiger partial charge in [-0.2, -0.15) is 10.2 Å². The fourth-order valence-corrected chi connectivity index (χ4v) is 5.91. The van der Waals surface area contributed by atoms with Gasteiger partial charge in [-0.1, -0.05) is 48.5 Å². The number of nitrogens with one attached hydrogen (secondary N) is 2. The molecule has 2 N–H and O–H groups in total. The fraction of sp³-hybridized carbons (Fsp3) is 0.471. The Morgan fingerprint density at radius 3 is 1.33 bits per heavy atom. The number of ether oxygens (including phenoxy) is 2. The quantitative estimate of drug-likeness (QED) is 0.240. The summed E-state index contributed by atoms with van der Waals surface area (Å²) in [5.74, 6) is 2.50. The maximum Gasteiger partial charge on any atom is 0.410 e. The molecule has 2 saturated heterocycles. The van der Waals surface area contributed by atoms with Crippen LogP contribution in [0.3, 0.4) is 0 Å². The summed E-state index contributed by atoms with van der Waals surface area (Å²) in [6.45, 7) is 12.5. The molecular weight excluding hydrogens is 584 g/mol. The van der Waals surface area contributed by atoms with Gasteiger partial charge in [0.1, 0.15) is 22.9 Å². The number of amides is 2. The van der Waals surface area contributed by atoms with E-state index in [-0.39, 0.29) is 24.3 Å². The second-order valence-electron chi connectivity index (χ2n) is 13.9. The molecule has 0 unspecified atom stereocenters. The summed E-state index contributed by atoms with van der Waals surface area (Å²) in [7, 11) is 0. The van der Waals surface area contributed by atoms with E-state index in [4.69, 9.17) is 19.4 Å². The van der Waals surface area contributed by atoms with Crippen molar-refractivity contribution in [3.63, 3.8) is 0 Å². The Balaban J connectivity index is 1.11. The molecule has 0 radical (unpaired) electrons. The lowest BCUT2D eigenvalue weighted by molar-refractivity contribution is 0.0208. The molecule has 6 rings (SSSR count). The normalized spacial score (nSPS) is 18.7. The van der Waals surface area contributed by atoms with Crippen molar-refractivity contribution in [2.45, 2.75) is 90.5 Å². The van der Waals surface area contributed by atoms with E-state index in [0.717, 1.165) is 47.9 Å². The first kappa shape index (κ1) is 31.3. The average molecular weight is 627 g/mol. The van der Waals surface area contributed by atoms with Crippen LogP contribution in [0.2, 0.25) is 0 Å². The zero-order valence-electron chi connectivity index (χ0n) is 27.3. The molecule has 2 atom stereocenters. The third kappa shape index (κ3) is 6.90. The number of likely N-dealkylation sites (tertiary alicyclic amines) is 2. The lowest BCUT2D eigenvalue weighted by Gasteiger charge is -2.27. The Bertz CT molecular complexity index is 1560. The van der Waals surface area contributed by atoms with Gasteiger partial charge in [-0.3, -0.25) is 20.0 Å². The van der Waals surface area contributed by atoms with Crippen molar-refractivity contribution in [1.29, 1.82) is 0 Å². The van der Waals surface area contributed by atoms with Gasteiger partial charge >= 0.3 is 12.2 Å². The van der Waals surface area contributed by atoms with Crippen molar-refractivity contribution in [2.75, 3.05) is 13.1 Å². The van der Waals surface area contributed by atoms with Gasteiger partial charge in [0.2, 0.25) is 0 Å². The first-order chi connectivity index (χ1) is 21.8. The predicted octanol–water partition coefficient (Wildman–Crippen LogP) is 7.07. The molecule has 2 fully saturated rings. The predicted molar refractivity (Wildman–Crippen MR) is 172 cm³/mol. The topological polar surface area (TPSA) is 142 Å². The van der Waals surface area contributed by atoms with Gasteiger partial charge in [-0.05, 0) is 78.4 Å². The van der Waals surface area contributed by atoms with Crippen LogP contribution in [0.25, 0.3) is 33.9 Å². The summed E-state index contributed by atoms with van der Waals surface area (Å²) < 4.78 is 11.2. The number of nitrogens with zero attached hydrogens (tertiary/aromatic N) is 6. The lowest BCUT2D eigenvalue weighted by Crippen LogP contribution is -2.36. The molecule has 2 aliphatic heterocycles. The highest BCUT2D eigenvalue weighted by atomic mass is 16.6. The zero-order chi connectivity index (χ0) is 32.6. The Hall–Kier alpha value is -4.74. The fourth-order valence-electron chi connectivity index (χ4n) is 5.91. The van der Waals surface area contributed by atoms with Gasteiger partial charge in [-0.15, -0.1) is 0 Å². The number of aromatic amines is 2. The maximum atomic E-state index is 12.7. The zero-order valence-corrected chi connectivity index (χ0v) is 27.3. The van der Waals surface area contributed by atoms with Crippen molar-refractivity contribution in [2.24, 2.45) is 0 Å². The molecular formula is C34H42N8O4. The van der Waals surface area contributed by atoms with Gasteiger partial charge in [0.15, 0.2) is 11.6 Å².